The summed E-state index contributed by atoms with van der Waals surface area (Å²) in [5, 5.41) is 3.40. The number of hydrogen-bond acceptors (Lipinski definition) is 4. The molecule has 0 aliphatic carbocycles. The van der Waals surface area contributed by atoms with E-state index in [4.69, 9.17) is 5.73 Å². The van der Waals surface area contributed by atoms with Crippen molar-refractivity contribution in [2.75, 3.05) is 24.6 Å². The molecule has 1 aromatic rings. The molecule has 1 aliphatic heterocycles. The van der Waals surface area contributed by atoms with Crippen LogP contribution in [0.3, 0.4) is 0 Å². The fourth-order valence-electron chi connectivity index (χ4n) is 2.03. The van der Waals surface area contributed by atoms with Gasteiger partial charge >= 0.3 is 0 Å². The van der Waals surface area contributed by atoms with Crippen LogP contribution in [0.5, 0.6) is 0 Å². The van der Waals surface area contributed by atoms with Crippen LogP contribution in [0.2, 0.25) is 0 Å². The van der Waals surface area contributed by atoms with Gasteiger partial charge in [0.15, 0.2) is 0 Å². The summed E-state index contributed by atoms with van der Waals surface area (Å²) < 4.78 is 0. The number of hydrogen-bond donors (Lipinski definition) is 2. The summed E-state index contributed by atoms with van der Waals surface area (Å²) in [6.07, 6.45) is 7.49. The van der Waals surface area contributed by atoms with E-state index in [2.05, 4.69) is 10.3 Å². The number of rotatable bonds is 4. The standard InChI is InChI=1S/C12H19N3S/c13-11-9-15-7-3-12(11)16-8-4-10-1-5-14-6-2-10/h3,7,9-10,14H,1-2,4-6,8,13H2. The fourth-order valence-corrected chi connectivity index (χ4v) is 3.08. The monoisotopic (exact) mass is 237 g/mol. The molecule has 0 saturated carbocycles. The van der Waals surface area contributed by atoms with Crippen LogP contribution in [0.25, 0.3) is 0 Å². The number of thioether (sulfide) groups is 1. The minimum atomic E-state index is 0.804. The van der Waals surface area contributed by atoms with Crippen molar-refractivity contribution in [1.82, 2.24) is 10.3 Å². The van der Waals surface area contributed by atoms with Crippen molar-refractivity contribution in [3.63, 3.8) is 0 Å². The summed E-state index contributed by atoms with van der Waals surface area (Å²) in [6, 6.07) is 2.00. The van der Waals surface area contributed by atoms with Gasteiger partial charge in [-0.05, 0) is 50.1 Å². The Morgan fingerprint density at radius 2 is 2.25 bits per heavy atom. The van der Waals surface area contributed by atoms with Gasteiger partial charge in [0.05, 0.1) is 11.9 Å². The van der Waals surface area contributed by atoms with Crippen LogP contribution in [0.4, 0.5) is 5.69 Å². The number of anilines is 1. The number of piperidine rings is 1. The summed E-state index contributed by atoms with van der Waals surface area (Å²) in [5.41, 5.74) is 6.65. The summed E-state index contributed by atoms with van der Waals surface area (Å²) in [6.45, 7) is 2.37. The van der Waals surface area contributed by atoms with Crippen LogP contribution in [0, 0.1) is 5.92 Å². The molecule has 4 heteroatoms. The molecule has 2 rings (SSSR count). The van der Waals surface area contributed by atoms with Crippen molar-refractivity contribution in [2.45, 2.75) is 24.2 Å². The number of nitrogens with two attached hydrogens (primary N) is 1. The van der Waals surface area contributed by atoms with Crippen LogP contribution in [0.1, 0.15) is 19.3 Å². The molecular formula is C12H19N3S. The van der Waals surface area contributed by atoms with Gasteiger partial charge in [0.2, 0.25) is 0 Å². The lowest BCUT2D eigenvalue weighted by molar-refractivity contribution is 0.367. The second kappa shape index (κ2) is 6.11. The largest absolute Gasteiger partial charge is 0.397 e. The zero-order valence-corrected chi connectivity index (χ0v) is 10.3. The predicted octanol–water partition coefficient (Wildman–Crippen LogP) is 2.15. The van der Waals surface area contributed by atoms with Gasteiger partial charge in [0, 0.05) is 11.1 Å². The Morgan fingerprint density at radius 1 is 1.44 bits per heavy atom. The Kier molecular flexibility index (Phi) is 4.48. The van der Waals surface area contributed by atoms with E-state index in [0.717, 1.165) is 11.6 Å². The zero-order valence-electron chi connectivity index (χ0n) is 9.48. The highest BCUT2D eigenvalue weighted by atomic mass is 32.2. The molecule has 0 atom stereocenters. The van der Waals surface area contributed by atoms with E-state index in [9.17, 15) is 0 Å². The molecule has 1 aliphatic rings. The maximum absolute atomic E-state index is 5.85. The topological polar surface area (TPSA) is 50.9 Å². The Balaban J connectivity index is 1.73. The molecule has 3 N–H and O–H groups in total. The van der Waals surface area contributed by atoms with Gasteiger partial charge in [0.1, 0.15) is 0 Å². The van der Waals surface area contributed by atoms with E-state index in [-0.39, 0.29) is 0 Å². The minimum absolute atomic E-state index is 0.804. The predicted molar refractivity (Wildman–Crippen MR) is 69.6 cm³/mol. The van der Waals surface area contributed by atoms with Crippen LogP contribution < -0.4 is 11.1 Å². The van der Waals surface area contributed by atoms with Gasteiger partial charge in [-0.3, -0.25) is 4.98 Å². The van der Waals surface area contributed by atoms with E-state index < -0.39 is 0 Å². The van der Waals surface area contributed by atoms with Gasteiger partial charge in [-0.2, -0.15) is 0 Å². The molecular weight excluding hydrogens is 218 g/mol. The van der Waals surface area contributed by atoms with Crippen LogP contribution in [0.15, 0.2) is 23.4 Å². The second-order valence-corrected chi connectivity index (χ2v) is 5.38. The second-order valence-electron chi connectivity index (χ2n) is 4.24. The average molecular weight is 237 g/mol. The first-order chi connectivity index (χ1) is 7.86. The quantitative estimate of drug-likeness (QED) is 0.788. The lowest BCUT2D eigenvalue weighted by atomic mass is 9.96. The Labute approximate surface area is 101 Å². The molecule has 1 saturated heterocycles. The molecule has 1 aromatic heterocycles. The number of nitrogen functional groups attached to an aromatic ring is 1. The number of pyridine rings is 1. The van der Waals surface area contributed by atoms with Crippen LogP contribution in [-0.4, -0.2) is 23.8 Å². The summed E-state index contributed by atoms with van der Waals surface area (Å²) in [7, 11) is 0. The van der Waals surface area contributed by atoms with Gasteiger partial charge in [-0.1, -0.05) is 0 Å². The van der Waals surface area contributed by atoms with Gasteiger partial charge < -0.3 is 11.1 Å². The Bertz CT molecular complexity index is 324. The molecule has 0 aromatic carbocycles. The first-order valence-corrected chi connectivity index (χ1v) is 6.88. The van der Waals surface area contributed by atoms with E-state index in [0.29, 0.717) is 0 Å². The Hall–Kier alpha value is -0.740. The molecule has 3 nitrogen and oxygen atoms in total. The minimum Gasteiger partial charge on any atom is -0.397 e. The van der Waals surface area contributed by atoms with Crippen molar-refractivity contribution in [1.29, 1.82) is 0 Å². The van der Waals surface area contributed by atoms with Gasteiger partial charge in [-0.25, -0.2) is 0 Å². The Morgan fingerprint density at radius 3 is 3.00 bits per heavy atom. The van der Waals surface area contributed by atoms with Crippen molar-refractivity contribution < 1.29 is 0 Å². The smallest absolute Gasteiger partial charge is 0.0638 e. The molecule has 0 unspecified atom stereocenters. The van der Waals surface area contributed by atoms with Crippen molar-refractivity contribution in [2.24, 2.45) is 5.92 Å². The van der Waals surface area contributed by atoms with Gasteiger partial charge in [0.25, 0.3) is 0 Å². The van der Waals surface area contributed by atoms with Crippen molar-refractivity contribution in [3.8, 4) is 0 Å². The molecule has 16 heavy (non-hydrogen) atoms. The lowest BCUT2D eigenvalue weighted by Crippen LogP contribution is -2.27. The lowest BCUT2D eigenvalue weighted by Gasteiger charge is -2.22. The molecule has 2 heterocycles. The highest BCUT2D eigenvalue weighted by Gasteiger charge is 2.12. The summed E-state index contributed by atoms with van der Waals surface area (Å²) in [4.78, 5) is 5.17. The third kappa shape index (κ3) is 3.39. The fraction of sp³-hybridized carbons (Fsp3) is 0.583. The van der Waals surface area contributed by atoms with E-state index in [1.807, 2.05) is 24.0 Å². The van der Waals surface area contributed by atoms with Crippen LogP contribution in [-0.2, 0) is 0 Å². The summed E-state index contributed by atoms with van der Waals surface area (Å²) in [5.74, 6) is 2.07. The normalized spacial score (nSPS) is 17.5. The van der Waals surface area contributed by atoms with Gasteiger partial charge in [-0.15, -0.1) is 11.8 Å². The highest BCUT2D eigenvalue weighted by Crippen LogP contribution is 2.26. The number of nitrogens with zero attached hydrogens (tertiary/aromatic N) is 1. The highest BCUT2D eigenvalue weighted by molar-refractivity contribution is 7.99. The van der Waals surface area contributed by atoms with E-state index in [1.54, 1.807) is 6.20 Å². The molecule has 0 radical (unpaired) electrons. The molecule has 0 spiro atoms. The third-order valence-corrected chi connectivity index (χ3v) is 4.18. The molecule has 0 bridgehead atoms. The maximum atomic E-state index is 5.85. The molecule has 1 fully saturated rings. The third-order valence-electron chi connectivity index (χ3n) is 3.05. The summed E-state index contributed by atoms with van der Waals surface area (Å²) >= 11 is 1.86. The van der Waals surface area contributed by atoms with E-state index in [1.165, 1.54) is 43.0 Å². The average Bonchev–Trinajstić information content (AvgIpc) is 2.33. The van der Waals surface area contributed by atoms with Crippen LogP contribution >= 0.6 is 11.8 Å². The van der Waals surface area contributed by atoms with Crippen molar-refractivity contribution in [3.05, 3.63) is 18.5 Å². The maximum Gasteiger partial charge on any atom is 0.0638 e. The molecule has 0 amide bonds. The van der Waals surface area contributed by atoms with Crippen molar-refractivity contribution >= 4 is 17.4 Å². The zero-order chi connectivity index (χ0) is 11.2. The number of nitrogens with one attached hydrogen (secondary N) is 1. The van der Waals surface area contributed by atoms with E-state index >= 15 is 0 Å². The molecule has 88 valence electrons. The SMILES string of the molecule is Nc1cnccc1SCCC1CCNCC1. The first kappa shape index (κ1) is 11.7. The number of aromatic nitrogens is 1. The first-order valence-electron chi connectivity index (χ1n) is 5.89.